The van der Waals surface area contributed by atoms with Crippen LogP contribution in [-0.2, 0) is 16.0 Å². The van der Waals surface area contributed by atoms with Gasteiger partial charge in [-0.1, -0.05) is 38.0 Å². The maximum atomic E-state index is 12.8. The van der Waals surface area contributed by atoms with Crippen molar-refractivity contribution < 1.29 is 14.4 Å². The molecule has 2 fully saturated rings. The van der Waals surface area contributed by atoms with Gasteiger partial charge in [0.1, 0.15) is 0 Å². The van der Waals surface area contributed by atoms with Gasteiger partial charge in [0.25, 0.3) is 0 Å². The number of nitrogens with zero attached hydrogens (tertiary/aromatic N) is 2. The molecule has 174 valence electrons. The van der Waals surface area contributed by atoms with Crippen LogP contribution >= 0.6 is 0 Å². The first-order valence-electron chi connectivity index (χ1n) is 11.9. The largest absolute Gasteiger partial charge is 0.326 e. The molecule has 0 bridgehead atoms. The minimum atomic E-state index is -0.398. The Morgan fingerprint density at radius 1 is 0.909 bits per heavy atom. The summed E-state index contributed by atoms with van der Waals surface area (Å²) in [5.41, 5.74) is 3.34. The van der Waals surface area contributed by atoms with E-state index in [1.54, 1.807) is 29.2 Å². The summed E-state index contributed by atoms with van der Waals surface area (Å²) in [6.07, 6.45) is 5.47. The van der Waals surface area contributed by atoms with Crippen LogP contribution in [0.4, 0.5) is 21.9 Å². The number of para-hydroxylation sites is 1. The highest BCUT2D eigenvalue weighted by Crippen LogP contribution is 2.29. The summed E-state index contributed by atoms with van der Waals surface area (Å²) in [5.74, 6) is -0.589. The molecule has 2 saturated heterocycles. The maximum Gasteiger partial charge on any atom is 0.321 e. The first-order valence-corrected chi connectivity index (χ1v) is 11.9. The van der Waals surface area contributed by atoms with Crippen molar-refractivity contribution in [2.75, 3.05) is 35.2 Å². The van der Waals surface area contributed by atoms with Crippen LogP contribution in [0.3, 0.4) is 0 Å². The van der Waals surface area contributed by atoms with Crippen LogP contribution in [0.15, 0.2) is 48.5 Å². The van der Waals surface area contributed by atoms with Gasteiger partial charge in [0, 0.05) is 43.1 Å². The third-order valence-corrected chi connectivity index (χ3v) is 6.46. The molecule has 7 heteroatoms. The number of hydrogen-bond acceptors (Lipinski definition) is 3. The SMILES string of the molecule is CCc1ccccc1N1CC(C(=O)Nc2ccc(NC(=O)N3CCCCCC3)cc2)CC1=O. The number of likely N-dealkylation sites (tertiary alicyclic amines) is 1. The van der Waals surface area contributed by atoms with E-state index in [-0.39, 0.29) is 24.3 Å². The Labute approximate surface area is 195 Å². The fraction of sp³-hybridized carbons (Fsp3) is 0.423. The molecule has 2 aliphatic heterocycles. The first kappa shape index (κ1) is 22.8. The lowest BCUT2D eigenvalue weighted by Gasteiger charge is -2.21. The normalized spacial score (nSPS) is 18.7. The van der Waals surface area contributed by atoms with E-state index in [4.69, 9.17) is 0 Å². The summed E-state index contributed by atoms with van der Waals surface area (Å²) in [5, 5.41) is 5.85. The molecule has 2 aromatic carbocycles. The number of anilines is 3. The van der Waals surface area contributed by atoms with E-state index in [0.717, 1.165) is 43.6 Å². The van der Waals surface area contributed by atoms with E-state index in [9.17, 15) is 14.4 Å². The topological polar surface area (TPSA) is 81.8 Å². The third-order valence-electron chi connectivity index (χ3n) is 6.46. The molecular formula is C26H32N4O3. The van der Waals surface area contributed by atoms with Crippen LogP contribution in [0, 0.1) is 5.92 Å². The van der Waals surface area contributed by atoms with Gasteiger partial charge in [-0.3, -0.25) is 9.59 Å². The van der Waals surface area contributed by atoms with Crippen LogP contribution in [0.25, 0.3) is 0 Å². The van der Waals surface area contributed by atoms with Gasteiger partial charge in [-0.15, -0.1) is 0 Å². The van der Waals surface area contributed by atoms with Crippen LogP contribution in [-0.4, -0.2) is 42.4 Å². The highest BCUT2D eigenvalue weighted by Gasteiger charge is 2.35. The molecule has 0 aliphatic carbocycles. The second kappa shape index (κ2) is 10.5. The smallest absolute Gasteiger partial charge is 0.321 e. The molecule has 0 aromatic heterocycles. The van der Waals surface area contributed by atoms with Crippen molar-refractivity contribution in [1.29, 1.82) is 0 Å². The Morgan fingerprint density at radius 2 is 1.55 bits per heavy atom. The number of nitrogens with one attached hydrogen (secondary N) is 2. The van der Waals surface area contributed by atoms with Gasteiger partial charge in [0.05, 0.1) is 5.92 Å². The Hall–Kier alpha value is -3.35. The van der Waals surface area contributed by atoms with Crippen molar-refractivity contribution in [2.45, 2.75) is 45.4 Å². The molecule has 2 N–H and O–H groups in total. The minimum Gasteiger partial charge on any atom is -0.326 e. The maximum absolute atomic E-state index is 12.8. The summed E-state index contributed by atoms with van der Waals surface area (Å²) < 4.78 is 0. The van der Waals surface area contributed by atoms with Gasteiger partial charge in [-0.25, -0.2) is 4.79 Å². The lowest BCUT2D eigenvalue weighted by molar-refractivity contribution is -0.122. The monoisotopic (exact) mass is 448 g/mol. The second-order valence-electron chi connectivity index (χ2n) is 8.79. The van der Waals surface area contributed by atoms with Gasteiger partial charge >= 0.3 is 6.03 Å². The highest BCUT2D eigenvalue weighted by atomic mass is 16.2. The number of carbonyl (C=O) groups excluding carboxylic acids is 3. The summed E-state index contributed by atoms with van der Waals surface area (Å²) in [6, 6.07) is 14.9. The zero-order valence-corrected chi connectivity index (χ0v) is 19.2. The molecule has 2 aliphatic rings. The van der Waals surface area contributed by atoms with E-state index < -0.39 is 5.92 Å². The predicted molar refractivity (Wildman–Crippen MR) is 130 cm³/mol. The number of amides is 4. The van der Waals surface area contributed by atoms with Crippen molar-refractivity contribution in [3.63, 3.8) is 0 Å². The van der Waals surface area contributed by atoms with E-state index in [1.807, 2.05) is 29.2 Å². The summed E-state index contributed by atoms with van der Waals surface area (Å²) in [4.78, 5) is 41.5. The van der Waals surface area contributed by atoms with E-state index >= 15 is 0 Å². The minimum absolute atomic E-state index is 0.0253. The zero-order chi connectivity index (χ0) is 23.2. The number of aryl methyl sites for hydroxylation is 1. The van der Waals surface area contributed by atoms with Gasteiger partial charge in [0.2, 0.25) is 11.8 Å². The van der Waals surface area contributed by atoms with Crippen molar-refractivity contribution in [3.8, 4) is 0 Å². The summed E-state index contributed by atoms with van der Waals surface area (Å²) >= 11 is 0. The molecule has 33 heavy (non-hydrogen) atoms. The van der Waals surface area contributed by atoms with Crippen LogP contribution in [0.2, 0.25) is 0 Å². The Morgan fingerprint density at radius 3 is 2.21 bits per heavy atom. The highest BCUT2D eigenvalue weighted by molar-refractivity contribution is 6.04. The number of hydrogen-bond donors (Lipinski definition) is 2. The summed E-state index contributed by atoms with van der Waals surface area (Å²) in [7, 11) is 0. The van der Waals surface area contributed by atoms with Crippen molar-refractivity contribution >= 4 is 34.9 Å². The summed E-state index contributed by atoms with van der Waals surface area (Å²) in [6.45, 7) is 4.02. The van der Waals surface area contributed by atoms with Crippen molar-refractivity contribution in [2.24, 2.45) is 5.92 Å². The van der Waals surface area contributed by atoms with Crippen molar-refractivity contribution in [1.82, 2.24) is 4.90 Å². The average molecular weight is 449 g/mol. The van der Waals surface area contributed by atoms with Gasteiger partial charge in [0.15, 0.2) is 0 Å². The van der Waals surface area contributed by atoms with E-state index in [0.29, 0.717) is 17.9 Å². The number of urea groups is 1. The Balaban J connectivity index is 1.33. The zero-order valence-electron chi connectivity index (χ0n) is 19.2. The molecule has 0 saturated carbocycles. The molecule has 7 nitrogen and oxygen atoms in total. The van der Waals surface area contributed by atoms with E-state index in [2.05, 4.69) is 17.6 Å². The molecule has 2 heterocycles. The molecule has 4 rings (SSSR count). The molecule has 1 atom stereocenters. The van der Waals surface area contributed by atoms with Crippen molar-refractivity contribution in [3.05, 3.63) is 54.1 Å². The quantitative estimate of drug-likeness (QED) is 0.699. The van der Waals surface area contributed by atoms with Crippen LogP contribution in [0.5, 0.6) is 0 Å². The lowest BCUT2D eigenvalue weighted by atomic mass is 10.1. The van der Waals surface area contributed by atoms with Gasteiger partial charge in [-0.2, -0.15) is 0 Å². The van der Waals surface area contributed by atoms with Gasteiger partial charge in [-0.05, 0) is 55.2 Å². The second-order valence-corrected chi connectivity index (χ2v) is 8.79. The number of rotatable bonds is 5. The molecule has 1 unspecified atom stereocenters. The Bertz CT molecular complexity index is 997. The molecular weight excluding hydrogens is 416 g/mol. The fourth-order valence-corrected chi connectivity index (χ4v) is 4.55. The first-order chi connectivity index (χ1) is 16.0. The fourth-order valence-electron chi connectivity index (χ4n) is 4.55. The molecule has 4 amide bonds. The third kappa shape index (κ3) is 5.53. The molecule has 2 aromatic rings. The molecule has 0 spiro atoms. The number of carbonyl (C=O) groups is 3. The lowest BCUT2D eigenvalue weighted by Crippen LogP contribution is -2.35. The average Bonchev–Trinajstić information content (AvgIpc) is 3.03. The molecule has 0 radical (unpaired) electrons. The standard InChI is InChI=1S/C26H32N4O3/c1-2-19-9-5-6-10-23(19)30-18-20(17-24(30)31)25(32)27-21-11-13-22(14-12-21)28-26(33)29-15-7-3-4-8-16-29/h5-6,9-14,20H,2-4,7-8,15-18H2,1H3,(H,27,32)(H,28,33). The van der Waals surface area contributed by atoms with Crippen LogP contribution in [0.1, 0.15) is 44.6 Å². The van der Waals surface area contributed by atoms with E-state index in [1.165, 1.54) is 12.8 Å². The van der Waals surface area contributed by atoms with Crippen LogP contribution < -0.4 is 15.5 Å². The predicted octanol–water partition coefficient (Wildman–Crippen LogP) is 4.65. The number of benzene rings is 2. The van der Waals surface area contributed by atoms with Gasteiger partial charge < -0.3 is 20.4 Å². The Kier molecular flexibility index (Phi) is 7.27.